The summed E-state index contributed by atoms with van der Waals surface area (Å²) in [4.78, 5) is 8.96. The summed E-state index contributed by atoms with van der Waals surface area (Å²) in [7, 11) is 0. The molecule has 0 aliphatic heterocycles. The average molecular weight is 251 g/mol. The molecule has 0 saturated heterocycles. The third-order valence-electron chi connectivity index (χ3n) is 3.11. The van der Waals surface area contributed by atoms with Crippen molar-refractivity contribution in [3.63, 3.8) is 0 Å². The molecule has 0 N–H and O–H groups in total. The molecular formula is C12H15ClN4. The Balaban J connectivity index is 2.10. The Morgan fingerprint density at radius 1 is 1.41 bits per heavy atom. The average Bonchev–Trinajstić information content (AvgIpc) is 2.95. The maximum atomic E-state index is 6.18. The van der Waals surface area contributed by atoms with Crippen LogP contribution in [-0.4, -0.2) is 19.7 Å². The zero-order chi connectivity index (χ0) is 12.0. The second-order valence-electron chi connectivity index (χ2n) is 5.00. The molecule has 2 heterocycles. The van der Waals surface area contributed by atoms with Gasteiger partial charge in [-0.1, -0.05) is 11.6 Å². The van der Waals surface area contributed by atoms with E-state index in [0.29, 0.717) is 5.15 Å². The molecule has 0 spiro atoms. The van der Waals surface area contributed by atoms with Crippen LogP contribution in [0.3, 0.4) is 0 Å². The van der Waals surface area contributed by atoms with Gasteiger partial charge in [-0.25, -0.2) is 14.6 Å². The number of aromatic nitrogens is 4. The molecule has 1 saturated carbocycles. The van der Waals surface area contributed by atoms with E-state index in [0.717, 1.165) is 29.2 Å². The molecular weight excluding hydrogens is 236 g/mol. The standard InChI is InChI=1S/C12H15ClN4/c1-7(2)17-12-9(6-14-17)11(13)15-10(16-12)5-8-3-4-8/h6-8H,3-5H2,1-2H3. The van der Waals surface area contributed by atoms with Gasteiger partial charge in [-0.05, 0) is 32.6 Å². The Bertz CT molecular complexity index is 557. The van der Waals surface area contributed by atoms with Gasteiger partial charge in [0.15, 0.2) is 5.65 Å². The Labute approximate surface area is 105 Å². The van der Waals surface area contributed by atoms with Crippen molar-refractivity contribution in [3.8, 4) is 0 Å². The van der Waals surface area contributed by atoms with Gasteiger partial charge < -0.3 is 0 Å². The summed E-state index contributed by atoms with van der Waals surface area (Å²) in [5.41, 5.74) is 0.857. The largest absolute Gasteiger partial charge is 0.245 e. The van der Waals surface area contributed by atoms with Gasteiger partial charge in [0.25, 0.3) is 0 Å². The van der Waals surface area contributed by atoms with Gasteiger partial charge in [-0.15, -0.1) is 0 Å². The zero-order valence-corrected chi connectivity index (χ0v) is 10.8. The SMILES string of the molecule is CC(C)n1ncc2c(Cl)nc(CC3CC3)nc21. The van der Waals surface area contributed by atoms with E-state index in [1.165, 1.54) is 12.8 Å². The van der Waals surface area contributed by atoms with E-state index in [9.17, 15) is 0 Å². The summed E-state index contributed by atoms with van der Waals surface area (Å²) in [5.74, 6) is 1.62. The highest BCUT2D eigenvalue weighted by molar-refractivity contribution is 6.33. The summed E-state index contributed by atoms with van der Waals surface area (Å²) in [5, 5.41) is 5.69. The topological polar surface area (TPSA) is 43.6 Å². The van der Waals surface area contributed by atoms with Crippen LogP contribution in [0.5, 0.6) is 0 Å². The van der Waals surface area contributed by atoms with E-state index in [2.05, 4.69) is 28.9 Å². The number of halogens is 1. The van der Waals surface area contributed by atoms with E-state index in [4.69, 9.17) is 11.6 Å². The lowest BCUT2D eigenvalue weighted by Gasteiger charge is -2.07. The first kappa shape index (κ1) is 11.0. The van der Waals surface area contributed by atoms with Crippen molar-refractivity contribution in [1.29, 1.82) is 0 Å². The first-order valence-corrected chi connectivity index (χ1v) is 6.42. The molecule has 5 heteroatoms. The van der Waals surface area contributed by atoms with Crippen LogP contribution in [0.1, 0.15) is 38.6 Å². The molecule has 90 valence electrons. The quantitative estimate of drug-likeness (QED) is 0.787. The summed E-state index contributed by atoms with van der Waals surface area (Å²) < 4.78 is 1.90. The van der Waals surface area contributed by atoms with Gasteiger partial charge in [0, 0.05) is 12.5 Å². The van der Waals surface area contributed by atoms with Gasteiger partial charge in [-0.2, -0.15) is 5.10 Å². The van der Waals surface area contributed by atoms with E-state index in [-0.39, 0.29) is 6.04 Å². The van der Waals surface area contributed by atoms with Crippen LogP contribution in [0.2, 0.25) is 5.15 Å². The highest BCUT2D eigenvalue weighted by Crippen LogP contribution is 2.32. The van der Waals surface area contributed by atoms with Crippen molar-refractivity contribution >= 4 is 22.6 Å². The van der Waals surface area contributed by atoms with Crippen LogP contribution in [0, 0.1) is 5.92 Å². The molecule has 0 atom stereocenters. The third-order valence-corrected chi connectivity index (χ3v) is 3.40. The van der Waals surface area contributed by atoms with Crippen molar-refractivity contribution in [2.45, 2.75) is 39.2 Å². The summed E-state index contributed by atoms with van der Waals surface area (Å²) >= 11 is 6.18. The molecule has 2 aromatic rings. The fraction of sp³-hybridized carbons (Fsp3) is 0.583. The lowest BCUT2D eigenvalue weighted by molar-refractivity contribution is 0.545. The summed E-state index contributed by atoms with van der Waals surface area (Å²) in [6, 6.07) is 0.284. The number of hydrogen-bond donors (Lipinski definition) is 0. The van der Waals surface area contributed by atoms with Crippen LogP contribution in [-0.2, 0) is 6.42 Å². The molecule has 0 unspecified atom stereocenters. The maximum absolute atomic E-state index is 6.18. The molecule has 0 radical (unpaired) electrons. The molecule has 3 rings (SSSR count). The maximum Gasteiger partial charge on any atom is 0.163 e. The normalized spacial score (nSPS) is 16.0. The van der Waals surface area contributed by atoms with Crippen LogP contribution in [0.4, 0.5) is 0 Å². The minimum absolute atomic E-state index is 0.284. The Morgan fingerprint density at radius 2 is 2.18 bits per heavy atom. The fourth-order valence-electron chi connectivity index (χ4n) is 1.98. The first-order valence-electron chi connectivity index (χ1n) is 6.05. The molecule has 2 aromatic heterocycles. The number of rotatable bonds is 3. The van der Waals surface area contributed by atoms with Crippen molar-refractivity contribution < 1.29 is 0 Å². The predicted molar refractivity (Wildman–Crippen MR) is 67.1 cm³/mol. The predicted octanol–water partition coefficient (Wildman–Crippen LogP) is 3.01. The number of fused-ring (bicyclic) bond motifs is 1. The van der Waals surface area contributed by atoms with Gasteiger partial charge in [0.05, 0.1) is 11.6 Å². The highest BCUT2D eigenvalue weighted by Gasteiger charge is 2.24. The molecule has 0 amide bonds. The third kappa shape index (κ3) is 2.02. The van der Waals surface area contributed by atoms with Crippen LogP contribution < -0.4 is 0 Å². The van der Waals surface area contributed by atoms with Crippen LogP contribution in [0.25, 0.3) is 11.0 Å². The monoisotopic (exact) mass is 250 g/mol. The highest BCUT2D eigenvalue weighted by atomic mass is 35.5. The van der Waals surface area contributed by atoms with E-state index in [1.54, 1.807) is 6.20 Å². The minimum Gasteiger partial charge on any atom is -0.245 e. The van der Waals surface area contributed by atoms with Gasteiger partial charge in [0.1, 0.15) is 11.0 Å². The van der Waals surface area contributed by atoms with Gasteiger partial charge in [-0.3, -0.25) is 0 Å². The Morgan fingerprint density at radius 3 is 2.82 bits per heavy atom. The number of hydrogen-bond acceptors (Lipinski definition) is 3. The minimum atomic E-state index is 0.284. The van der Waals surface area contributed by atoms with Crippen LogP contribution in [0.15, 0.2) is 6.20 Å². The van der Waals surface area contributed by atoms with Crippen molar-refractivity contribution in [2.75, 3.05) is 0 Å². The second-order valence-corrected chi connectivity index (χ2v) is 5.36. The van der Waals surface area contributed by atoms with Gasteiger partial charge in [0.2, 0.25) is 0 Å². The smallest absolute Gasteiger partial charge is 0.163 e. The van der Waals surface area contributed by atoms with Crippen molar-refractivity contribution in [2.24, 2.45) is 5.92 Å². The molecule has 1 fully saturated rings. The molecule has 0 aromatic carbocycles. The van der Waals surface area contributed by atoms with E-state index >= 15 is 0 Å². The fourth-order valence-corrected chi connectivity index (χ4v) is 2.21. The zero-order valence-electron chi connectivity index (χ0n) is 10.0. The molecule has 17 heavy (non-hydrogen) atoms. The van der Waals surface area contributed by atoms with Crippen LogP contribution >= 0.6 is 11.6 Å². The summed E-state index contributed by atoms with van der Waals surface area (Å²) in [6.45, 7) is 4.17. The Kier molecular flexibility index (Phi) is 2.54. The van der Waals surface area contributed by atoms with E-state index in [1.807, 2.05) is 4.68 Å². The Hall–Kier alpha value is -1.16. The lowest BCUT2D eigenvalue weighted by atomic mass is 10.3. The second kappa shape index (κ2) is 3.95. The lowest BCUT2D eigenvalue weighted by Crippen LogP contribution is -2.06. The van der Waals surface area contributed by atoms with Crippen molar-refractivity contribution in [1.82, 2.24) is 19.7 Å². The number of nitrogens with zero attached hydrogens (tertiary/aromatic N) is 4. The first-order chi connectivity index (χ1) is 8.15. The summed E-state index contributed by atoms with van der Waals surface area (Å²) in [6.07, 6.45) is 5.28. The molecule has 1 aliphatic rings. The molecule has 1 aliphatic carbocycles. The molecule has 4 nitrogen and oxygen atoms in total. The van der Waals surface area contributed by atoms with Crippen molar-refractivity contribution in [3.05, 3.63) is 17.2 Å². The molecule has 0 bridgehead atoms. The van der Waals surface area contributed by atoms with Gasteiger partial charge >= 0.3 is 0 Å². The van der Waals surface area contributed by atoms with E-state index < -0.39 is 0 Å².